The van der Waals surface area contributed by atoms with Crippen LogP contribution < -0.4 is 5.32 Å². The van der Waals surface area contributed by atoms with Gasteiger partial charge in [0, 0.05) is 44.6 Å². The lowest BCUT2D eigenvalue weighted by Gasteiger charge is -2.26. The molecule has 1 aliphatic heterocycles. The van der Waals surface area contributed by atoms with Gasteiger partial charge in [-0.1, -0.05) is 6.07 Å². The first-order chi connectivity index (χ1) is 8.33. The van der Waals surface area contributed by atoms with Gasteiger partial charge in [-0.25, -0.2) is 4.98 Å². The quantitative estimate of drug-likeness (QED) is 0.837. The van der Waals surface area contributed by atoms with Crippen LogP contribution >= 0.6 is 0 Å². The number of aromatic nitrogens is 2. The third kappa shape index (κ3) is 2.18. The zero-order valence-corrected chi connectivity index (χ0v) is 10.2. The highest BCUT2D eigenvalue weighted by Crippen LogP contribution is 2.10. The smallest absolute Gasteiger partial charge is 0.137 e. The lowest BCUT2D eigenvalue weighted by molar-refractivity contribution is 0.231. The molecule has 17 heavy (non-hydrogen) atoms. The molecule has 1 saturated heterocycles. The molecule has 0 amide bonds. The topological polar surface area (TPSA) is 32.6 Å². The van der Waals surface area contributed by atoms with Crippen LogP contribution in [0.3, 0.4) is 0 Å². The van der Waals surface area contributed by atoms with Crippen LogP contribution in [0, 0.1) is 6.92 Å². The fourth-order valence-corrected chi connectivity index (χ4v) is 2.37. The van der Waals surface area contributed by atoms with Crippen LogP contribution in [0.5, 0.6) is 0 Å². The molecule has 3 rings (SSSR count). The van der Waals surface area contributed by atoms with E-state index in [0.29, 0.717) is 0 Å². The van der Waals surface area contributed by atoms with Crippen LogP contribution in [0.4, 0.5) is 0 Å². The Morgan fingerprint density at radius 1 is 1.29 bits per heavy atom. The van der Waals surface area contributed by atoms with Gasteiger partial charge in [0.05, 0.1) is 5.69 Å². The number of nitrogens with zero attached hydrogens (tertiary/aromatic N) is 3. The number of rotatable bonds is 2. The molecule has 3 heterocycles. The van der Waals surface area contributed by atoms with Gasteiger partial charge in [-0.2, -0.15) is 0 Å². The van der Waals surface area contributed by atoms with E-state index in [-0.39, 0.29) is 0 Å². The number of piperazine rings is 1. The van der Waals surface area contributed by atoms with Gasteiger partial charge >= 0.3 is 0 Å². The van der Waals surface area contributed by atoms with Crippen LogP contribution in [-0.2, 0) is 6.54 Å². The minimum absolute atomic E-state index is 0.961. The van der Waals surface area contributed by atoms with E-state index in [9.17, 15) is 0 Å². The predicted molar refractivity (Wildman–Crippen MR) is 68.1 cm³/mol. The van der Waals surface area contributed by atoms with E-state index in [2.05, 4.69) is 50.9 Å². The fourth-order valence-electron chi connectivity index (χ4n) is 2.37. The third-order valence-corrected chi connectivity index (χ3v) is 3.34. The number of nitrogens with one attached hydrogen (secondary N) is 1. The number of aryl methyl sites for hydroxylation is 1. The van der Waals surface area contributed by atoms with Crippen molar-refractivity contribution in [2.75, 3.05) is 26.2 Å². The lowest BCUT2D eigenvalue weighted by Crippen LogP contribution is -2.42. The fraction of sp³-hybridized carbons (Fsp3) is 0.462. The van der Waals surface area contributed by atoms with E-state index in [4.69, 9.17) is 0 Å². The summed E-state index contributed by atoms with van der Waals surface area (Å²) in [7, 11) is 0. The highest BCUT2D eigenvalue weighted by Gasteiger charge is 2.12. The molecule has 0 unspecified atom stereocenters. The number of fused-ring (bicyclic) bond motifs is 1. The first kappa shape index (κ1) is 10.7. The number of hydrogen-bond acceptors (Lipinski definition) is 3. The van der Waals surface area contributed by atoms with Crippen LogP contribution in [-0.4, -0.2) is 40.5 Å². The van der Waals surface area contributed by atoms with E-state index >= 15 is 0 Å². The van der Waals surface area contributed by atoms with Crippen molar-refractivity contribution in [3.8, 4) is 0 Å². The standard InChI is InChI=1S/C13H18N4/c1-11-3-2-4-13-15-12(10-17(11)13)9-16-7-5-14-6-8-16/h2-4,10,14H,5-9H2,1H3. The molecule has 1 N–H and O–H groups in total. The summed E-state index contributed by atoms with van der Waals surface area (Å²) in [6.07, 6.45) is 2.16. The number of hydrogen-bond donors (Lipinski definition) is 1. The van der Waals surface area contributed by atoms with E-state index in [1.54, 1.807) is 0 Å². The molecule has 0 aromatic carbocycles. The molecule has 90 valence electrons. The second kappa shape index (κ2) is 4.47. The minimum atomic E-state index is 0.961. The summed E-state index contributed by atoms with van der Waals surface area (Å²) in [5.41, 5.74) is 3.46. The first-order valence-corrected chi connectivity index (χ1v) is 6.19. The summed E-state index contributed by atoms with van der Waals surface area (Å²) in [4.78, 5) is 7.12. The average Bonchev–Trinajstić information content (AvgIpc) is 2.74. The van der Waals surface area contributed by atoms with Gasteiger partial charge in [-0.05, 0) is 19.1 Å². The summed E-state index contributed by atoms with van der Waals surface area (Å²) >= 11 is 0. The van der Waals surface area contributed by atoms with E-state index in [1.165, 1.54) is 11.4 Å². The molecule has 2 aromatic heterocycles. The summed E-state index contributed by atoms with van der Waals surface area (Å²) in [6.45, 7) is 7.49. The Hall–Kier alpha value is -1.39. The Morgan fingerprint density at radius 3 is 2.88 bits per heavy atom. The first-order valence-electron chi connectivity index (χ1n) is 6.19. The van der Waals surface area contributed by atoms with Gasteiger partial charge in [0.2, 0.25) is 0 Å². The molecule has 0 aliphatic carbocycles. The number of pyridine rings is 1. The van der Waals surface area contributed by atoms with Gasteiger partial charge in [-0.3, -0.25) is 4.90 Å². The second-order valence-electron chi connectivity index (χ2n) is 4.65. The van der Waals surface area contributed by atoms with Crippen molar-refractivity contribution in [1.82, 2.24) is 19.6 Å². The summed E-state index contributed by atoms with van der Waals surface area (Å²) in [5, 5.41) is 3.37. The van der Waals surface area contributed by atoms with Gasteiger partial charge in [0.1, 0.15) is 5.65 Å². The van der Waals surface area contributed by atoms with E-state index in [0.717, 1.165) is 38.4 Å². The van der Waals surface area contributed by atoms with Crippen molar-refractivity contribution in [3.05, 3.63) is 35.8 Å². The summed E-state index contributed by atoms with van der Waals surface area (Å²) in [5.74, 6) is 0. The third-order valence-electron chi connectivity index (χ3n) is 3.34. The molecule has 1 aliphatic rings. The normalized spacial score (nSPS) is 17.7. The largest absolute Gasteiger partial charge is 0.314 e. The molecule has 1 fully saturated rings. The molecular formula is C13H18N4. The van der Waals surface area contributed by atoms with E-state index < -0.39 is 0 Å². The Morgan fingerprint density at radius 2 is 2.12 bits per heavy atom. The molecule has 4 heteroatoms. The average molecular weight is 230 g/mol. The van der Waals surface area contributed by atoms with Gasteiger partial charge < -0.3 is 9.72 Å². The zero-order valence-electron chi connectivity index (χ0n) is 10.2. The molecule has 0 spiro atoms. The molecule has 4 nitrogen and oxygen atoms in total. The summed E-state index contributed by atoms with van der Waals surface area (Å²) < 4.78 is 2.16. The Kier molecular flexibility index (Phi) is 2.82. The molecule has 2 aromatic rings. The van der Waals surface area contributed by atoms with Crippen LogP contribution in [0.1, 0.15) is 11.4 Å². The van der Waals surface area contributed by atoms with Crippen molar-refractivity contribution < 1.29 is 0 Å². The van der Waals surface area contributed by atoms with Crippen LogP contribution in [0.2, 0.25) is 0 Å². The number of imidazole rings is 1. The Labute approximate surface area is 101 Å². The van der Waals surface area contributed by atoms with Gasteiger partial charge in [-0.15, -0.1) is 0 Å². The molecule has 0 saturated carbocycles. The van der Waals surface area contributed by atoms with Crippen LogP contribution in [0.15, 0.2) is 24.4 Å². The molecular weight excluding hydrogens is 212 g/mol. The lowest BCUT2D eigenvalue weighted by atomic mass is 10.3. The van der Waals surface area contributed by atoms with Crippen molar-refractivity contribution in [1.29, 1.82) is 0 Å². The summed E-state index contributed by atoms with van der Waals surface area (Å²) in [6, 6.07) is 6.24. The molecule has 0 atom stereocenters. The minimum Gasteiger partial charge on any atom is -0.314 e. The molecule has 0 radical (unpaired) electrons. The monoisotopic (exact) mass is 230 g/mol. The van der Waals surface area contributed by atoms with Crippen molar-refractivity contribution in [3.63, 3.8) is 0 Å². The maximum absolute atomic E-state index is 4.67. The highest BCUT2D eigenvalue weighted by atomic mass is 15.2. The van der Waals surface area contributed by atoms with Gasteiger partial charge in [0.25, 0.3) is 0 Å². The molecule has 0 bridgehead atoms. The van der Waals surface area contributed by atoms with E-state index in [1.807, 2.05) is 0 Å². The Bertz CT molecular complexity index is 511. The van der Waals surface area contributed by atoms with Crippen molar-refractivity contribution in [2.45, 2.75) is 13.5 Å². The maximum Gasteiger partial charge on any atom is 0.137 e. The highest BCUT2D eigenvalue weighted by molar-refractivity contribution is 5.41. The second-order valence-corrected chi connectivity index (χ2v) is 4.65. The Balaban J connectivity index is 1.83. The van der Waals surface area contributed by atoms with Crippen LogP contribution in [0.25, 0.3) is 5.65 Å². The predicted octanol–water partition coefficient (Wildman–Crippen LogP) is 1.05. The van der Waals surface area contributed by atoms with Gasteiger partial charge in [0.15, 0.2) is 0 Å². The van der Waals surface area contributed by atoms with Crippen molar-refractivity contribution in [2.24, 2.45) is 0 Å². The zero-order chi connectivity index (χ0) is 11.7. The van der Waals surface area contributed by atoms with Crippen molar-refractivity contribution >= 4 is 5.65 Å². The maximum atomic E-state index is 4.67. The SMILES string of the molecule is Cc1cccc2nc(CN3CCNCC3)cn12.